The number of benzene rings is 1. The van der Waals surface area contributed by atoms with Gasteiger partial charge in [-0.25, -0.2) is 18.0 Å². The molecule has 1 aromatic rings. The topological polar surface area (TPSA) is 164 Å². The van der Waals surface area contributed by atoms with E-state index in [4.69, 9.17) is 24.8 Å². The van der Waals surface area contributed by atoms with Crippen LogP contribution in [-0.2, 0) is 24.2 Å². The number of sulfone groups is 1. The SMILES string of the molecule is CC1(C(=O)O)C=CC=C(C(=O)O)C1.COCCOc1c(S(C)(=O)=O)ccc(C(=O)O)c1C. The maximum Gasteiger partial charge on any atom is 0.336 e. The summed E-state index contributed by atoms with van der Waals surface area (Å²) in [7, 11) is -2.01. The number of carboxylic acids is 3. The van der Waals surface area contributed by atoms with Crippen LogP contribution in [0.25, 0.3) is 0 Å². The first-order valence-electron chi connectivity index (χ1n) is 9.28. The summed E-state index contributed by atoms with van der Waals surface area (Å²) < 4.78 is 33.5. The Bertz CT molecular complexity index is 1050. The second-order valence-electron chi connectivity index (χ2n) is 7.24. The lowest BCUT2D eigenvalue weighted by Crippen LogP contribution is -2.28. The molecule has 1 aliphatic carbocycles. The van der Waals surface area contributed by atoms with Gasteiger partial charge in [0.1, 0.15) is 17.3 Å². The predicted octanol–water partition coefficient (Wildman–Crippen LogP) is 2.17. The molecule has 10 nitrogen and oxygen atoms in total. The minimum absolute atomic E-state index is 0.0137. The number of carboxylic acid groups (broad SMARTS) is 3. The fourth-order valence-corrected chi connectivity index (χ4v) is 3.64. The molecule has 3 N–H and O–H groups in total. The minimum atomic E-state index is -3.49. The van der Waals surface area contributed by atoms with E-state index in [1.807, 2.05) is 0 Å². The van der Waals surface area contributed by atoms with Crippen molar-refractivity contribution in [3.8, 4) is 5.75 Å². The van der Waals surface area contributed by atoms with Crippen LogP contribution in [0.15, 0.2) is 40.8 Å². The lowest BCUT2D eigenvalue weighted by Gasteiger charge is -2.23. The van der Waals surface area contributed by atoms with Crippen molar-refractivity contribution in [2.24, 2.45) is 5.41 Å². The van der Waals surface area contributed by atoms with Crippen LogP contribution in [0.5, 0.6) is 5.75 Å². The molecule has 2 rings (SSSR count). The lowest BCUT2D eigenvalue weighted by molar-refractivity contribution is -0.145. The van der Waals surface area contributed by atoms with Gasteiger partial charge < -0.3 is 24.8 Å². The van der Waals surface area contributed by atoms with Crippen molar-refractivity contribution in [3.05, 3.63) is 47.1 Å². The van der Waals surface area contributed by atoms with Crippen LogP contribution in [0.2, 0.25) is 0 Å². The van der Waals surface area contributed by atoms with Gasteiger partial charge in [-0.15, -0.1) is 0 Å². The molecule has 0 aliphatic heterocycles. The zero-order valence-electron chi connectivity index (χ0n) is 18.1. The average Bonchev–Trinajstić information content (AvgIpc) is 2.68. The van der Waals surface area contributed by atoms with E-state index >= 15 is 0 Å². The summed E-state index contributed by atoms with van der Waals surface area (Å²) in [5.74, 6) is -3.12. The van der Waals surface area contributed by atoms with Crippen molar-refractivity contribution in [2.45, 2.75) is 25.2 Å². The molecule has 0 amide bonds. The number of aliphatic carboxylic acids is 2. The largest absolute Gasteiger partial charge is 0.490 e. The fourth-order valence-electron chi connectivity index (χ4n) is 2.78. The Balaban J connectivity index is 0.000000343. The molecular weight excluding hydrogens is 444 g/mol. The second-order valence-corrected chi connectivity index (χ2v) is 9.22. The molecule has 0 saturated heterocycles. The molecule has 176 valence electrons. The van der Waals surface area contributed by atoms with Crippen LogP contribution < -0.4 is 4.74 Å². The average molecular weight is 470 g/mol. The van der Waals surface area contributed by atoms with E-state index in [2.05, 4.69) is 0 Å². The van der Waals surface area contributed by atoms with Gasteiger partial charge in [-0.2, -0.15) is 0 Å². The van der Waals surface area contributed by atoms with Gasteiger partial charge in [0.25, 0.3) is 0 Å². The number of hydrogen-bond acceptors (Lipinski definition) is 7. The zero-order valence-corrected chi connectivity index (χ0v) is 18.9. The number of methoxy groups -OCH3 is 1. The van der Waals surface area contributed by atoms with Crippen LogP contribution in [0, 0.1) is 12.3 Å². The van der Waals surface area contributed by atoms with Crippen LogP contribution in [0.1, 0.15) is 29.3 Å². The first kappa shape index (κ1) is 26.9. The molecule has 32 heavy (non-hydrogen) atoms. The number of rotatable bonds is 8. The molecule has 0 radical (unpaired) electrons. The molecule has 0 heterocycles. The number of hydrogen-bond donors (Lipinski definition) is 3. The molecule has 1 unspecified atom stereocenters. The summed E-state index contributed by atoms with van der Waals surface area (Å²) >= 11 is 0. The molecular formula is C21H26O10S. The summed E-state index contributed by atoms with van der Waals surface area (Å²) in [6.45, 7) is 3.44. The molecule has 0 spiro atoms. The molecule has 1 atom stereocenters. The Kier molecular flexibility index (Phi) is 9.16. The first-order valence-corrected chi connectivity index (χ1v) is 11.2. The van der Waals surface area contributed by atoms with Crippen molar-refractivity contribution in [1.82, 2.24) is 0 Å². The van der Waals surface area contributed by atoms with E-state index < -0.39 is 33.2 Å². The highest BCUT2D eigenvalue weighted by Gasteiger charge is 2.34. The zero-order chi connectivity index (χ0) is 24.7. The monoisotopic (exact) mass is 470 g/mol. The van der Waals surface area contributed by atoms with Crippen LogP contribution >= 0.6 is 0 Å². The van der Waals surface area contributed by atoms with Crippen LogP contribution in [-0.4, -0.2) is 68.2 Å². The van der Waals surface area contributed by atoms with E-state index in [0.29, 0.717) is 0 Å². The third-order valence-corrected chi connectivity index (χ3v) is 5.74. The molecule has 0 fully saturated rings. The smallest absolute Gasteiger partial charge is 0.336 e. The van der Waals surface area contributed by atoms with Crippen molar-refractivity contribution < 1.29 is 47.6 Å². The van der Waals surface area contributed by atoms with Gasteiger partial charge >= 0.3 is 17.9 Å². The number of carbonyl (C=O) groups is 3. The van der Waals surface area contributed by atoms with Gasteiger partial charge in [-0.1, -0.05) is 18.2 Å². The molecule has 0 bridgehead atoms. The fraction of sp³-hybridized carbons (Fsp3) is 0.381. The molecule has 11 heteroatoms. The van der Waals surface area contributed by atoms with E-state index in [-0.39, 0.29) is 47.0 Å². The van der Waals surface area contributed by atoms with Gasteiger partial charge in [0, 0.05) is 24.5 Å². The van der Waals surface area contributed by atoms with Crippen molar-refractivity contribution in [3.63, 3.8) is 0 Å². The van der Waals surface area contributed by atoms with Crippen LogP contribution in [0.3, 0.4) is 0 Å². The predicted molar refractivity (Wildman–Crippen MR) is 114 cm³/mol. The normalized spacial score (nSPS) is 17.6. The standard InChI is InChI=1S/C12H16O6S.C9H10O4/c1-8-9(12(13)14)4-5-10(19(3,15)16)11(8)18-7-6-17-2;1-9(8(12)13)4-2-3-6(5-9)7(10)11/h4-5H,6-7H2,1-3H3,(H,13,14);2-4H,5H2,1H3,(H,10,11)(H,12,13). The Morgan fingerprint density at radius 3 is 2.19 bits per heavy atom. The molecule has 1 aromatic carbocycles. The minimum Gasteiger partial charge on any atom is -0.490 e. The number of allylic oxidation sites excluding steroid dienone is 2. The summed E-state index contributed by atoms with van der Waals surface area (Å²) in [5.41, 5.74) is -0.651. The van der Waals surface area contributed by atoms with Crippen molar-refractivity contribution in [2.75, 3.05) is 26.6 Å². The second kappa shape index (κ2) is 10.9. The summed E-state index contributed by atoms with van der Waals surface area (Å²) in [6.07, 6.45) is 5.48. The van der Waals surface area contributed by atoms with Gasteiger partial charge in [-0.3, -0.25) is 4.79 Å². The van der Waals surface area contributed by atoms with Gasteiger partial charge in [-0.05, 0) is 32.4 Å². The lowest BCUT2D eigenvalue weighted by atomic mass is 9.80. The Hall–Kier alpha value is -3.18. The van der Waals surface area contributed by atoms with Gasteiger partial charge in [0.15, 0.2) is 9.84 Å². The summed E-state index contributed by atoms with van der Waals surface area (Å²) in [5, 5.41) is 26.5. The Morgan fingerprint density at radius 1 is 1.09 bits per heavy atom. The van der Waals surface area contributed by atoms with E-state index in [0.717, 1.165) is 6.26 Å². The summed E-state index contributed by atoms with van der Waals surface area (Å²) in [6, 6.07) is 2.51. The summed E-state index contributed by atoms with van der Waals surface area (Å²) in [4.78, 5) is 32.4. The highest BCUT2D eigenvalue weighted by Crippen LogP contribution is 2.32. The molecule has 1 aliphatic rings. The van der Waals surface area contributed by atoms with Crippen LogP contribution in [0.4, 0.5) is 0 Å². The van der Waals surface area contributed by atoms with Gasteiger partial charge in [0.05, 0.1) is 17.6 Å². The maximum absolute atomic E-state index is 11.7. The van der Waals surface area contributed by atoms with E-state index in [1.165, 1.54) is 51.3 Å². The number of aromatic carboxylic acids is 1. The van der Waals surface area contributed by atoms with E-state index in [1.54, 1.807) is 0 Å². The third kappa shape index (κ3) is 6.92. The third-order valence-electron chi connectivity index (χ3n) is 4.62. The highest BCUT2D eigenvalue weighted by atomic mass is 32.2. The highest BCUT2D eigenvalue weighted by molar-refractivity contribution is 7.90. The van der Waals surface area contributed by atoms with Gasteiger partial charge in [0.2, 0.25) is 0 Å². The van der Waals surface area contributed by atoms with Crippen molar-refractivity contribution >= 4 is 27.7 Å². The first-order chi connectivity index (χ1) is 14.7. The maximum atomic E-state index is 11.7. The quantitative estimate of drug-likeness (QED) is 0.479. The molecule has 0 aromatic heterocycles. The van der Waals surface area contributed by atoms with E-state index in [9.17, 15) is 22.8 Å². The Morgan fingerprint density at radius 2 is 1.72 bits per heavy atom. The van der Waals surface area contributed by atoms with Crippen molar-refractivity contribution in [1.29, 1.82) is 0 Å². The molecule has 0 saturated carbocycles. The number of ether oxygens (including phenoxy) is 2. The Labute approximate surface area is 185 Å².